The molecule has 1 aromatic carbocycles. The lowest BCUT2D eigenvalue weighted by molar-refractivity contribution is 0.545. The summed E-state index contributed by atoms with van der Waals surface area (Å²) < 4.78 is 14.7. The Morgan fingerprint density at radius 2 is 2.16 bits per heavy atom. The maximum Gasteiger partial charge on any atom is 0.127 e. The number of hydrogen-bond donors (Lipinski definition) is 1. The van der Waals surface area contributed by atoms with Crippen LogP contribution in [0.1, 0.15) is 17.3 Å². The van der Waals surface area contributed by atoms with Crippen molar-refractivity contribution in [3.63, 3.8) is 0 Å². The first-order valence-corrected chi connectivity index (χ1v) is 7.00. The molecule has 0 aliphatic carbocycles. The Morgan fingerprint density at radius 3 is 2.74 bits per heavy atom. The molecule has 2 aromatic rings. The maximum absolute atomic E-state index is 13.8. The van der Waals surface area contributed by atoms with Crippen molar-refractivity contribution in [2.75, 3.05) is 7.05 Å². The Bertz CT molecular complexity index is 560. The zero-order valence-electron chi connectivity index (χ0n) is 10.3. The molecule has 0 saturated carbocycles. The van der Waals surface area contributed by atoms with Crippen molar-refractivity contribution in [1.29, 1.82) is 0 Å². The number of benzene rings is 1. The summed E-state index contributed by atoms with van der Waals surface area (Å²) in [6.45, 7) is 0. The van der Waals surface area contributed by atoms with Crippen LogP contribution in [0.3, 0.4) is 0 Å². The molecule has 0 bridgehead atoms. The third kappa shape index (κ3) is 3.75. The Hall–Kier alpha value is -0.970. The molecule has 1 unspecified atom stereocenters. The van der Waals surface area contributed by atoms with Gasteiger partial charge < -0.3 is 5.32 Å². The molecule has 1 heterocycles. The molecule has 1 atom stereocenters. The summed E-state index contributed by atoms with van der Waals surface area (Å²) in [5, 5.41) is 3.56. The predicted octanol–water partition coefficient (Wildman–Crippen LogP) is 4.14. The van der Waals surface area contributed by atoms with Crippen molar-refractivity contribution in [3.05, 3.63) is 63.1 Å². The standard InChI is InChI=1S/C14H13BrClFN2/c1-18-14(13-5-3-10(15)8-19-13)6-9-2-4-11(16)7-12(9)17/h2-5,7-8,14,18H,6H2,1H3. The van der Waals surface area contributed by atoms with E-state index >= 15 is 0 Å². The Kier molecular flexibility index (Phi) is 4.91. The Balaban J connectivity index is 2.21. The van der Waals surface area contributed by atoms with Gasteiger partial charge in [0.15, 0.2) is 0 Å². The summed E-state index contributed by atoms with van der Waals surface area (Å²) in [5.41, 5.74) is 1.49. The molecule has 0 amide bonds. The van der Waals surface area contributed by atoms with Crippen LogP contribution in [0.5, 0.6) is 0 Å². The maximum atomic E-state index is 13.8. The van der Waals surface area contributed by atoms with Gasteiger partial charge in [-0.25, -0.2) is 4.39 Å². The third-order valence-electron chi connectivity index (χ3n) is 2.89. The lowest BCUT2D eigenvalue weighted by Gasteiger charge is -2.16. The van der Waals surface area contributed by atoms with Gasteiger partial charge in [0.1, 0.15) is 5.82 Å². The van der Waals surface area contributed by atoms with E-state index in [4.69, 9.17) is 11.6 Å². The Morgan fingerprint density at radius 1 is 1.37 bits per heavy atom. The average Bonchev–Trinajstić information content (AvgIpc) is 2.39. The van der Waals surface area contributed by atoms with Crippen LogP contribution in [0.15, 0.2) is 41.0 Å². The molecule has 2 nitrogen and oxygen atoms in total. The zero-order chi connectivity index (χ0) is 13.8. The van der Waals surface area contributed by atoms with Crippen LogP contribution in [-0.2, 0) is 6.42 Å². The van der Waals surface area contributed by atoms with E-state index in [-0.39, 0.29) is 11.9 Å². The normalized spacial score (nSPS) is 12.4. The fraction of sp³-hybridized carbons (Fsp3) is 0.214. The van der Waals surface area contributed by atoms with Crippen LogP contribution in [-0.4, -0.2) is 12.0 Å². The summed E-state index contributed by atoms with van der Waals surface area (Å²) in [7, 11) is 1.84. The van der Waals surface area contributed by atoms with Crippen LogP contribution in [0, 0.1) is 5.82 Å². The second-order valence-corrected chi connectivity index (χ2v) is 5.53. The molecule has 0 aliphatic rings. The Labute approximate surface area is 125 Å². The van der Waals surface area contributed by atoms with Gasteiger partial charge in [0.25, 0.3) is 0 Å². The molecule has 5 heteroatoms. The van der Waals surface area contributed by atoms with Crippen molar-refractivity contribution in [2.24, 2.45) is 0 Å². The second-order valence-electron chi connectivity index (χ2n) is 4.18. The van der Waals surface area contributed by atoms with Gasteiger partial charge >= 0.3 is 0 Å². The molecular weight excluding hydrogens is 331 g/mol. The number of pyridine rings is 1. The first-order valence-electron chi connectivity index (χ1n) is 5.83. The van der Waals surface area contributed by atoms with Crippen LogP contribution < -0.4 is 5.32 Å². The highest BCUT2D eigenvalue weighted by Crippen LogP contribution is 2.21. The summed E-state index contributed by atoms with van der Waals surface area (Å²) in [5.74, 6) is -0.287. The van der Waals surface area contributed by atoms with Crippen molar-refractivity contribution >= 4 is 27.5 Å². The molecule has 2 rings (SSSR count). The van der Waals surface area contributed by atoms with Gasteiger partial charge in [-0.1, -0.05) is 17.7 Å². The second kappa shape index (κ2) is 6.46. The quantitative estimate of drug-likeness (QED) is 0.902. The van der Waals surface area contributed by atoms with Crippen LogP contribution in [0.2, 0.25) is 5.02 Å². The van der Waals surface area contributed by atoms with Gasteiger partial charge in [-0.15, -0.1) is 0 Å². The summed E-state index contributed by atoms with van der Waals surface area (Å²) in [6.07, 6.45) is 2.26. The van der Waals surface area contributed by atoms with Crippen molar-refractivity contribution in [2.45, 2.75) is 12.5 Å². The highest BCUT2D eigenvalue weighted by atomic mass is 79.9. The summed E-state index contributed by atoms with van der Waals surface area (Å²) in [6, 6.07) is 8.54. The molecule has 19 heavy (non-hydrogen) atoms. The predicted molar refractivity (Wildman–Crippen MR) is 78.9 cm³/mol. The highest BCUT2D eigenvalue weighted by Gasteiger charge is 2.14. The monoisotopic (exact) mass is 342 g/mol. The number of nitrogens with zero attached hydrogens (tertiary/aromatic N) is 1. The summed E-state index contributed by atoms with van der Waals surface area (Å²) in [4.78, 5) is 4.33. The topological polar surface area (TPSA) is 24.9 Å². The average molecular weight is 344 g/mol. The van der Waals surface area contributed by atoms with E-state index in [0.29, 0.717) is 17.0 Å². The molecular formula is C14H13BrClFN2. The fourth-order valence-electron chi connectivity index (χ4n) is 1.86. The number of likely N-dealkylation sites (N-methyl/N-ethyl adjacent to an activating group) is 1. The third-order valence-corrected chi connectivity index (χ3v) is 3.60. The molecule has 0 aliphatic heterocycles. The largest absolute Gasteiger partial charge is 0.311 e. The molecule has 0 saturated heterocycles. The van der Waals surface area contributed by atoms with Crippen molar-refractivity contribution in [1.82, 2.24) is 10.3 Å². The van der Waals surface area contributed by atoms with E-state index in [0.717, 1.165) is 10.2 Å². The van der Waals surface area contributed by atoms with E-state index in [9.17, 15) is 4.39 Å². The SMILES string of the molecule is CNC(Cc1ccc(Cl)cc1F)c1ccc(Br)cn1. The van der Waals surface area contributed by atoms with Crippen molar-refractivity contribution < 1.29 is 4.39 Å². The minimum atomic E-state index is -0.287. The molecule has 1 aromatic heterocycles. The van der Waals surface area contributed by atoms with E-state index in [1.54, 1.807) is 18.3 Å². The molecule has 0 fully saturated rings. The molecule has 1 N–H and O–H groups in total. The molecule has 0 radical (unpaired) electrons. The van der Waals surface area contributed by atoms with E-state index < -0.39 is 0 Å². The van der Waals surface area contributed by atoms with Gasteiger partial charge in [-0.3, -0.25) is 4.98 Å². The molecule has 100 valence electrons. The van der Waals surface area contributed by atoms with Gasteiger partial charge in [-0.05, 0) is 59.2 Å². The number of rotatable bonds is 4. The lowest BCUT2D eigenvalue weighted by atomic mass is 10.0. The first-order chi connectivity index (χ1) is 9.10. The van der Waals surface area contributed by atoms with Gasteiger partial charge in [0.2, 0.25) is 0 Å². The van der Waals surface area contributed by atoms with Gasteiger partial charge in [-0.2, -0.15) is 0 Å². The number of hydrogen-bond acceptors (Lipinski definition) is 2. The van der Waals surface area contributed by atoms with Gasteiger partial charge in [0.05, 0.1) is 11.7 Å². The highest BCUT2D eigenvalue weighted by molar-refractivity contribution is 9.10. The lowest BCUT2D eigenvalue weighted by Crippen LogP contribution is -2.20. The van der Waals surface area contributed by atoms with E-state index in [1.165, 1.54) is 6.07 Å². The smallest absolute Gasteiger partial charge is 0.127 e. The van der Waals surface area contributed by atoms with Gasteiger partial charge in [0, 0.05) is 15.7 Å². The minimum Gasteiger partial charge on any atom is -0.311 e. The van der Waals surface area contributed by atoms with E-state index in [1.807, 2.05) is 19.2 Å². The zero-order valence-corrected chi connectivity index (χ0v) is 12.7. The first kappa shape index (κ1) is 14.4. The van der Waals surface area contributed by atoms with Crippen LogP contribution >= 0.6 is 27.5 Å². The molecule has 0 spiro atoms. The minimum absolute atomic E-state index is 0.0382. The number of nitrogens with one attached hydrogen (secondary N) is 1. The van der Waals surface area contributed by atoms with E-state index in [2.05, 4.69) is 26.2 Å². The number of halogens is 3. The van der Waals surface area contributed by atoms with Crippen molar-refractivity contribution in [3.8, 4) is 0 Å². The van der Waals surface area contributed by atoms with Crippen LogP contribution in [0.25, 0.3) is 0 Å². The number of aromatic nitrogens is 1. The summed E-state index contributed by atoms with van der Waals surface area (Å²) >= 11 is 9.09. The van der Waals surface area contributed by atoms with Crippen LogP contribution in [0.4, 0.5) is 4.39 Å². The fourth-order valence-corrected chi connectivity index (χ4v) is 2.25.